The summed E-state index contributed by atoms with van der Waals surface area (Å²) in [6.07, 6.45) is 1.26. The molecule has 0 aliphatic rings. The van der Waals surface area contributed by atoms with Crippen LogP contribution in [0.5, 0.6) is 0 Å². The van der Waals surface area contributed by atoms with E-state index in [0.29, 0.717) is 24.3 Å². The second kappa shape index (κ2) is 9.26. The van der Waals surface area contributed by atoms with E-state index in [0.717, 1.165) is 12.2 Å². The Morgan fingerprint density at radius 3 is 2.55 bits per heavy atom. The van der Waals surface area contributed by atoms with E-state index >= 15 is 0 Å². The van der Waals surface area contributed by atoms with Crippen LogP contribution in [0.2, 0.25) is 0 Å². The molecule has 2 rings (SSSR count). The maximum absolute atomic E-state index is 13.4. The molecule has 0 saturated carbocycles. The minimum absolute atomic E-state index is 0.0651. The Balaban J connectivity index is 1.57. The van der Waals surface area contributed by atoms with Gasteiger partial charge in [-0.1, -0.05) is 48.5 Å². The average molecular weight is 317 g/mol. The minimum atomic E-state index is -0.165. The van der Waals surface area contributed by atoms with Crippen LogP contribution in [-0.2, 0) is 17.0 Å². The van der Waals surface area contributed by atoms with E-state index in [1.807, 2.05) is 36.4 Å². The van der Waals surface area contributed by atoms with Gasteiger partial charge in [-0.2, -0.15) is 11.8 Å². The van der Waals surface area contributed by atoms with Crippen molar-refractivity contribution in [1.29, 1.82) is 0 Å². The van der Waals surface area contributed by atoms with Crippen LogP contribution in [0.1, 0.15) is 17.5 Å². The molecule has 0 heterocycles. The normalized spacial score (nSPS) is 10.4. The highest BCUT2D eigenvalue weighted by Gasteiger charge is 2.03. The predicted molar refractivity (Wildman–Crippen MR) is 90.3 cm³/mol. The summed E-state index contributed by atoms with van der Waals surface area (Å²) in [6, 6.07) is 16.8. The molecule has 0 saturated heterocycles. The van der Waals surface area contributed by atoms with Gasteiger partial charge >= 0.3 is 0 Å². The second-order valence-corrected chi connectivity index (χ2v) is 6.08. The largest absolute Gasteiger partial charge is 0.355 e. The predicted octanol–water partition coefficient (Wildman–Crippen LogP) is 3.81. The number of rotatable bonds is 8. The Kier molecular flexibility index (Phi) is 6.97. The average Bonchev–Trinajstić information content (AvgIpc) is 2.55. The molecule has 0 radical (unpaired) electrons. The molecule has 2 aromatic rings. The van der Waals surface area contributed by atoms with Gasteiger partial charge in [-0.25, -0.2) is 4.39 Å². The zero-order valence-corrected chi connectivity index (χ0v) is 13.2. The van der Waals surface area contributed by atoms with Crippen molar-refractivity contribution in [2.45, 2.75) is 18.6 Å². The second-order valence-electron chi connectivity index (χ2n) is 4.98. The first-order valence-electron chi connectivity index (χ1n) is 7.37. The lowest BCUT2D eigenvalue weighted by Crippen LogP contribution is -2.25. The molecule has 0 aliphatic carbocycles. The highest BCUT2D eigenvalue weighted by Crippen LogP contribution is 2.14. The third-order valence-electron chi connectivity index (χ3n) is 3.27. The van der Waals surface area contributed by atoms with E-state index in [1.54, 1.807) is 23.9 Å². The topological polar surface area (TPSA) is 29.1 Å². The number of hydrogen-bond donors (Lipinski definition) is 1. The number of aryl methyl sites for hydroxylation is 1. The Bertz CT molecular complexity index is 589. The number of nitrogens with one attached hydrogen (secondary N) is 1. The van der Waals surface area contributed by atoms with Crippen LogP contribution in [0.3, 0.4) is 0 Å². The van der Waals surface area contributed by atoms with Crippen molar-refractivity contribution in [3.05, 3.63) is 71.5 Å². The van der Waals surface area contributed by atoms with Crippen LogP contribution < -0.4 is 5.32 Å². The van der Waals surface area contributed by atoms with Gasteiger partial charge in [0.2, 0.25) is 5.91 Å². The van der Waals surface area contributed by atoms with Gasteiger partial charge in [-0.15, -0.1) is 0 Å². The van der Waals surface area contributed by atoms with Crippen LogP contribution >= 0.6 is 11.8 Å². The van der Waals surface area contributed by atoms with Crippen molar-refractivity contribution < 1.29 is 9.18 Å². The Morgan fingerprint density at radius 2 is 1.77 bits per heavy atom. The summed E-state index contributed by atoms with van der Waals surface area (Å²) >= 11 is 1.62. The maximum atomic E-state index is 13.4. The van der Waals surface area contributed by atoms with E-state index in [2.05, 4.69) is 5.32 Å². The number of carbonyl (C=O) groups is 1. The molecule has 0 fully saturated rings. The summed E-state index contributed by atoms with van der Waals surface area (Å²) in [6.45, 7) is 0.618. The molecule has 22 heavy (non-hydrogen) atoms. The molecular formula is C18H20FNOS. The van der Waals surface area contributed by atoms with Gasteiger partial charge in [0.1, 0.15) is 5.82 Å². The standard InChI is InChI=1S/C18H20FNOS/c19-17-9-5-4-8-16(17)14-22-13-12-20-18(21)11-10-15-6-2-1-3-7-15/h1-9H,10-14H2,(H,20,21). The lowest BCUT2D eigenvalue weighted by atomic mass is 10.1. The fourth-order valence-corrected chi connectivity index (χ4v) is 2.90. The molecule has 0 atom stereocenters. The molecule has 0 spiro atoms. The monoisotopic (exact) mass is 317 g/mol. The smallest absolute Gasteiger partial charge is 0.220 e. The van der Waals surface area contributed by atoms with E-state index in [4.69, 9.17) is 0 Å². The number of benzene rings is 2. The third-order valence-corrected chi connectivity index (χ3v) is 4.28. The molecule has 0 aromatic heterocycles. The molecular weight excluding hydrogens is 297 g/mol. The molecule has 1 N–H and O–H groups in total. The highest BCUT2D eigenvalue weighted by atomic mass is 32.2. The van der Waals surface area contributed by atoms with Crippen molar-refractivity contribution >= 4 is 17.7 Å². The molecule has 0 bridgehead atoms. The molecule has 1 amide bonds. The van der Waals surface area contributed by atoms with Gasteiger partial charge in [0.05, 0.1) is 0 Å². The molecule has 116 valence electrons. The molecule has 0 unspecified atom stereocenters. The van der Waals surface area contributed by atoms with E-state index in [-0.39, 0.29) is 11.7 Å². The van der Waals surface area contributed by atoms with Crippen molar-refractivity contribution in [2.75, 3.05) is 12.3 Å². The van der Waals surface area contributed by atoms with Gasteiger partial charge in [0, 0.05) is 24.5 Å². The lowest BCUT2D eigenvalue weighted by Gasteiger charge is -2.06. The van der Waals surface area contributed by atoms with Gasteiger partial charge < -0.3 is 5.32 Å². The fraction of sp³-hybridized carbons (Fsp3) is 0.278. The summed E-state index contributed by atoms with van der Waals surface area (Å²) in [5.74, 6) is 1.31. The maximum Gasteiger partial charge on any atom is 0.220 e. The Hall–Kier alpha value is -1.81. The van der Waals surface area contributed by atoms with E-state index < -0.39 is 0 Å². The van der Waals surface area contributed by atoms with Crippen molar-refractivity contribution in [1.82, 2.24) is 5.32 Å². The number of thioether (sulfide) groups is 1. The molecule has 4 heteroatoms. The van der Waals surface area contributed by atoms with Crippen molar-refractivity contribution in [2.24, 2.45) is 0 Å². The van der Waals surface area contributed by atoms with Gasteiger partial charge in [0.15, 0.2) is 0 Å². The summed E-state index contributed by atoms with van der Waals surface area (Å²) in [5, 5.41) is 2.90. The van der Waals surface area contributed by atoms with Crippen LogP contribution in [0.25, 0.3) is 0 Å². The number of hydrogen-bond acceptors (Lipinski definition) is 2. The first kappa shape index (κ1) is 16.6. The first-order valence-corrected chi connectivity index (χ1v) is 8.53. The van der Waals surface area contributed by atoms with Crippen LogP contribution in [0.4, 0.5) is 4.39 Å². The van der Waals surface area contributed by atoms with Crippen molar-refractivity contribution in [3.8, 4) is 0 Å². The summed E-state index contributed by atoms with van der Waals surface area (Å²) in [4.78, 5) is 11.7. The third kappa shape index (κ3) is 5.90. The summed E-state index contributed by atoms with van der Waals surface area (Å²) in [7, 11) is 0. The SMILES string of the molecule is O=C(CCc1ccccc1)NCCSCc1ccccc1F. The zero-order chi connectivity index (χ0) is 15.6. The fourth-order valence-electron chi connectivity index (χ4n) is 2.05. The number of halogens is 1. The van der Waals surface area contributed by atoms with Crippen LogP contribution in [0, 0.1) is 5.82 Å². The highest BCUT2D eigenvalue weighted by molar-refractivity contribution is 7.98. The Labute approximate surface area is 135 Å². The van der Waals surface area contributed by atoms with Crippen LogP contribution in [0.15, 0.2) is 54.6 Å². The minimum Gasteiger partial charge on any atom is -0.355 e. The first-order chi connectivity index (χ1) is 10.8. The van der Waals surface area contributed by atoms with E-state index in [9.17, 15) is 9.18 Å². The van der Waals surface area contributed by atoms with Crippen LogP contribution in [-0.4, -0.2) is 18.2 Å². The molecule has 2 aromatic carbocycles. The number of amides is 1. The zero-order valence-electron chi connectivity index (χ0n) is 12.4. The van der Waals surface area contributed by atoms with Gasteiger partial charge in [-0.05, 0) is 23.6 Å². The lowest BCUT2D eigenvalue weighted by molar-refractivity contribution is -0.120. The van der Waals surface area contributed by atoms with Crippen molar-refractivity contribution in [3.63, 3.8) is 0 Å². The Morgan fingerprint density at radius 1 is 1.05 bits per heavy atom. The molecule has 0 aliphatic heterocycles. The van der Waals surface area contributed by atoms with Gasteiger partial charge in [0.25, 0.3) is 0 Å². The summed E-state index contributed by atoms with van der Waals surface area (Å²) in [5.41, 5.74) is 1.88. The van der Waals surface area contributed by atoms with E-state index in [1.165, 1.54) is 11.6 Å². The molecule has 2 nitrogen and oxygen atoms in total. The number of carbonyl (C=O) groups excluding carboxylic acids is 1. The quantitative estimate of drug-likeness (QED) is 0.750. The summed E-state index contributed by atoms with van der Waals surface area (Å²) < 4.78 is 13.4. The van der Waals surface area contributed by atoms with Gasteiger partial charge in [-0.3, -0.25) is 4.79 Å².